The van der Waals surface area contributed by atoms with Gasteiger partial charge in [-0.05, 0) is 68.1 Å². The molecular formula is C20H22FN5OS. The molecule has 1 fully saturated rings. The first-order chi connectivity index (χ1) is 13.7. The van der Waals surface area contributed by atoms with Gasteiger partial charge in [-0.15, -0.1) is 16.4 Å². The molecular weight excluding hydrogens is 377 g/mol. The van der Waals surface area contributed by atoms with Crippen molar-refractivity contribution in [2.24, 2.45) is 5.92 Å². The summed E-state index contributed by atoms with van der Waals surface area (Å²) in [5, 5.41) is 9.64. The van der Waals surface area contributed by atoms with Gasteiger partial charge in [0.25, 0.3) is 5.91 Å². The van der Waals surface area contributed by atoms with Gasteiger partial charge in [0.05, 0.1) is 10.6 Å². The van der Waals surface area contributed by atoms with Gasteiger partial charge in [0.1, 0.15) is 5.82 Å². The standard InChI is InChI=1S/C20H22FN5OS/c1-22-13-14-8-10-25(11-9-14)20(27)18-23-19(17-3-2-12-28-17)26(24-18)16-6-4-15(21)5-7-16/h2-7,12,14,22H,8-11,13H2,1H3. The van der Waals surface area contributed by atoms with E-state index in [2.05, 4.69) is 15.4 Å². The third-order valence-electron chi connectivity index (χ3n) is 5.01. The van der Waals surface area contributed by atoms with Crippen LogP contribution in [0, 0.1) is 11.7 Å². The smallest absolute Gasteiger partial charge is 0.293 e. The fraction of sp³-hybridized carbons (Fsp3) is 0.350. The van der Waals surface area contributed by atoms with Crippen molar-refractivity contribution in [3.63, 3.8) is 0 Å². The molecule has 146 valence electrons. The Morgan fingerprint density at radius 2 is 2.00 bits per heavy atom. The number of likely N-dealkylation sites (tertiary alicyclic amines) is 1. The predicted molar refractivity (Wildman–Crippen MR) is 107 cm³/mol. The molecule has 3 aromatic rings. The average molecular weight is 399 g/mol. The largest absolute Gasteiger partial charge is 0.336 e. The summed E-state index contributed by atoms with van der Waals surface area (Å²) in [7, 11) is 1.95. The fourth-order valence-corrected chi connectivity index (χ4v) is 4.20. The van der Waals surface area contributed by atoms with Gasteiger partial charge in [0.2, 0.25) is 5.82 Å². The van der Waals surface area contributed by atoms with Gasteiger partial charge in [-0.3, -0.25) is 4.79 Å². The van der Waals surface area contributed by atoms with Crippen LogP contribution in [-0.4, -0.2) is 52.3 Å². The van der Waals surface area contributed by atoms with E-state index in [0.717, 1.165) is 24.3 Å². The van der Waals surface area contributed by atoms with Crippen LogP contribution in [0.4, 0.5) is 4.39 Å². The van der Waals surface area contributed by atoms with Crippen LogP contribution in [-0.2, 0) is 0 Å². The van der Waals surface area contributed by atoms with Crippen LogP contribution < -0.4 is 5.32 Å². The zero-order chi connectivity index (χ0) is 19.5. The zero-order valence-corrected chi connectivity index (χ0v) is 16.5. The van der Waals surface area contributed by atoms with E-state index in [-0.39, 0.29) is 17.5 Å². The fourth-order valence-electron chi connectivity index (χ4n) is 3.50. The van der Waals surface area contributed by atoms with E-state index in [0.29, 0.717) is 30.5 Å². The number of benzene rings is 1. The van der Waals surface area contributed by atoms with E-state index in [4.69, 9.17) is 0 Å². The van der Waals surface area contributed by atoms with Gasteiger partial charge in [-0.25, -0.2) is 14.1 Å². The van der Waals surface area contributed by atoms with Crippen LogP contribution in [0.15, 0.2) is 41.8 Å². The van der Waals surface area contributed by atoms with Crippen molar-refractivity contribution in [2.75, 3.05) is 26.7 Å². The molecule has 1 N–H and O–H groups in total. The molecule has 2 aromatic heterocycles. The molecule has 0 bridgehead atoms. The predicted octanol–water partition coefficient (Wildman–Crippen LogP) is 3.21. The summed E-state index contributed by atoms with van der Waals surface area (Å²) in [4.78, 5) is 20.3. The Kier molecular flexibility index (Phi) is 5.50. The molecule has 0 aliphatic carbocycles. The summed E-state index contributed by atoms with van der Waals surface area (Å²) in [5.74, 6) is 0.902. The minimum atomic E-state index is -0.317. The Balaban J connectivity index is 1.62. The van der Waals surface area contributed by atoms with Crippen molar-refractivity contribution >= 4 is 17.2 Å². The van der Waals surface area contributed by atoms with Crippen LogP contribution in [0.2, 0.25) is 0 Å². The number of halogens is 1. The summed E-state index contributed by atoms with van der Waals surface area (Å²) in [6, 6.07) is 9.90. The third-order valence-corrected chi connectivity index (χ3v) is 5.87. The number of thiophene rings is 1. The SMILES string of the molecule is CNCC1CCN(C(=O)c2nc(-c3cccs3)n(-c3ccc(F)cc3)n2)CC1. The summed E-state index contributed by atoms with van der Waals surface area (Å²) < 4.78 is 14.9. The lowest BCUT2D eigenvalue weighted by atomic mass is 9.97. The molecule has 4 rings (SSSR count). The minimum absolute atomic E-state index is 0.151. The molecule has 0 saturated carbocycles. The number of carbonyl (C=O) groups excluding carboxylic acids is 1. The maximum atomic E-state index is 13.3. The number of hydrogen-bond donors (Lipinski definition) is 1. The van der Waals surface area contributed by atoms with Crippen LogP contribution in [0.25, 0.3) is 16.4 Å². The van der Waals surface area contributed by atoms with E-state index in [1.807, 2.05) is 29.5 Å². The van der Waals surface area contributed by atoms with Gasteiger partial charge in [-0.1, -0.05) is 6.07 Å². The topological polar surface area (TPSA) is 63.1 Å². The van der Waals surface area contributed by atoms with Gasteiger partial charge >= 0.3 is 0 Å². The Morgan fingerprint density at radius 3 is 2.64 bits per heavy atom. The van der Waals surface area contributed by atoms with E-state index in [9.17, 15) is 9.18 Å². The van der Waals surface area contributed by atoms with Crippen molar-refractivity contribution in [3.05, 3.63) is 53.4 Å². The number of amides is 1. The maximum Gasteiger partial charge on any atom is 0.293 e. The van der Waals surface area contributed by atoms with E-state index in [1.54, 1.807) is 16.8 Å². The van der Waals surface area contributed by atoms with Crippen molar-refractivity contribution < 1.29 is 9.18 Å². The second kappa shape index (κ2) is 8.20. The molecule has 1 aliphatic heterocycles. The molecule has 1 amide bonds. The second-order valence-electron chi connectivity index (χ2n) is 6.92. The highest BCUT2D eigenvalue weighted by atomic mass is 32.1. The van der Waals surface area contributed by atoms with Crippen LogP contribution in [0.1, 0.15) is 23.5 Å². The lowest BCUT2D eigenvalue weighted by Crippen LogP contribution is -2.40. The molecule has 0 spiro atoms. The average Bonchev–Trinajstić information content (AvgIpc) is 3.39. The van der Waals surface area contributed by atoms with Gasteiger partial charge < -0.3 is 10.2 Å². The Bertz CT molecular complexity index is 930. The number of hydrogen-bond acceptors (Lipinski definition) is 5. The number of nitrogens with one attached hydrogen (secondary N) is 1. The first-order valence-corrected chi connectivity index (χ1v) is 10.2. The second-order valence-corrected chi connectivity index (χ2v) is 7.87. The number of aromatic nitrogens is 3. The first-order valence-electron chi connectivity index (χ1n) is 9.36. The molecule has 28 heavy (non-hydrogen) atoms. The van der Waals surface area contributed by atoms with Crippen LogP contribution in [0.5, 0.6) is 0 Å². The first kappa shape index (κ1) is 18.8. The molecule has 0 unspecified atom stereocenters. The van der Waals surface area contributed by atoms with Gasteiger partial charge in [0, 0.05) is 13.1 Å². The zero-order valence-electron chi connectivity index (χ0n) is 15.6. The summed E-state index contributed by atoms with van der Waals surface area (Å²) >= 11 is 1.53. The summed E-state index contributed by atoms with van der Waals surface area (Å²) in [6.45, 7) is 2.40. The third kappa shape index (κ3) is 3.83. The van der Waals surface area contributed by atoms with E-state index in [1.165, 1.54) is 23.5 Å². The van der Waals surface area contributed by atoms with Crippen molar-refractivity contribution in [2.45, 2.75) is 12.8 Å². The molecule has 0 atom stereocenters. The molecule has 1 aromatic carbocycles. The highest BCUT2D eigenvalue weighted by molar-refractivity contribution is 7.13. The van der Waals surface area contributed by atoms with Crippen LogP contribution >= 0.6 is 11.3 Å². The molecule has 1 saturated heterocycles. The quantitative estimate of drug-likeness (QED) is 0.716. The minimum Gasteiger partial charge on any atom is -0.336 e. The Labute approximate surface area is 167 Å². The van der Waals surface area contributed by atoms with Crippen molar-refractivity contribution in [1.82, 2.24) is 25.0 Å². The van der Waals surface area contributed by atoms with E-state index >= 15 is 0 Å². The Morgan fingerprint density at radius 1 is 1.25 bits per heavy atom. The number of piperidine rings is 1. The monoisotopic (exact) mass is 399 g/mol. The number of nitrogens with zero attached hydrogens (tertiary/aromatic N) is 4. The highest BCUT2D eigenvalue weighted by Gasteiger charge is 2.27. The van der Waals surface area contributed by atoms with Gasteiger partial charge in [-0.2, -0.15) is 0 Å². The molecule has 8 heteroatoms. The van der Waals surface area contributed by atoms with Crippen molar-refractivity contribution in [3.8, 4) is 16.4 Å². The normalized spacial score (nSPS) is 15.1. The number of rotatable bonds is 5. The molecule has 0 radical (unpaired) electrons. The lowest BCUT2D eigenvalue weighted by molar-refractivity contribution is 0.0678. The summed E-state index contributed by atoms with van der Waals surface area (Å²) in [5.41, 5.74) is 0.670. The maximum absolute atomic E-state index is 13.3. The molecule has 1 aliphatic rings. The van der Waals surface area contributed by atoms with Gasteiger partial charge in [0.15, 0.2) is 5.82 Å². The summed E-state index contributed by atoms with van der Waals surface area (Å²) in [6.07, 6.45) is 1.95. The van der Waals surface area contributed by atoms with Crippen LogP contribution in [0.3, 0.4) is 0 Å². The molecule has 6 nitrogen and oxygen atoms in total. The number of carbonyl (C=O) groups is 1. The van der Waals surface area contributed by atoms with Crippen molar-refractivity contribution in [1.29, 1.82) is 0 Å². The highest BCUT2D eigenvalue weighted by Crippen LogP contribution is 2.26. The Hall–Kier alpha value is -2.58. The van der Waals surface area contributed by atoms with E-state index < -0.39 is 0 Å². The molecule has 3 heterocycles. The lowest BCUT2D eigenvalue weighted by Gasteiger charge is -2.31.